The molecule has 4 heteroatoms. The molecule has 0 saturated carbocycles. The van der Waals surface area contributed by atoms with E-state index in [0.29, 0.717) is 16.1 Å². The average molecular weight is 287 g/mol. The van der Waals surface area contributed by atoms with Crippen LogP contribution in [0.25, 0.3) is 0 Å². The smallest absolute Gasteiger partial charge is 0.0595 e. The van der Waals surface area contributed by atoms with Crippen LogP contribution in [0.15, 0.2) is 18.2 Å². The first-order valence-electron chi connectivity index (χ1n) is 6.51. The van der Waals surface area contributed by atoms with Gasteiger partial charge in [-0.1, -0.05) is 35.7 Å². The van der Waals surface area contributed by atoms with Crippen LogP contribution in [0.5, 0.6) is 0 Å². The predicted molar refractivity (Wildman–Crippen MR) is 78.4 cm³/mol. The highest BCUT2D eigenvalue weighted by molar-refractivity contribution is 6.42. The molecule has 1 aromatic carbocycles. The summed E-state index contributed by atoms with van der Waals surface area (Å²) in [5.74, 6) is 0. The van der Waals surface area contributed by atoms with E-state index >= 15 is 0 Å². The van der Waals surface area contributed by atoms with Crippen molar-refractivity contribution in [2.75, 3.05) is 20.1 Å². The Balaban J connectivity index is 1.79. The normalized spacial score (nSPS) is 21.2. The summed E-state index contributed by atoms with van der Waals surface area (Å²) in [4.78, 5) is 2.45. The molecule has 1 saturated heterocycles. The molecule has 0 radical (unpaired) electrons. The van der Waals surface area contributed by atoms with Crippen molar-refractivity contribution in [3.8, 4) is 0 Å². The van der Waals surface area contributed by atoms with Gasteiger partial charge >= 0.3 is 0 Å². The summed E-state index contributed by atoms with van der Waals surface area (Å²) in [5.41, 5.74) is 1.18. The van der Waals surface area contributed by atoms with Crippen LogP contribution >= 0.6 is 23.2 Å². The van der Waals surface area contributed by atoms with Crippen LogP contribution in [-0.2, 0) is 6.54 Å². The first-order valence-corrected chi connectivity index (χ1v) is 7.27. The van der Waals surface area contributed by atoms with Crippen LogP contribution in [-0.4, -0.2) is 31.1 Å². The Kier molecular flexibility index (Phi) is 5.31. The molecule has 0 aliphatic carbocycles. The Hall–Kier alpha value is -0.280. The van der Waals surface area contributed by atoms with Crippen molar-refractivity contribution in [2.45, 2.75) is 31.8 Å². The molecule has 1 fully saturated rings. The summed E-state index contributed by atoms with van der Waals surface area (Å²) in [6, 6.07) is 6.47. The third kappa shape index (κ3) is 3.86. The van der Waals surface area contributed by atoms with E-state index < -0.39 is 0 Å². The third-order valence-corrected chi connectivity index (χ3v) is 4.35. The molecule has 18 heavy (non-hydrogen) atoms. The lowest BCUT2D eigenvalue weighted by atomic mass is 10.0. The summed E-state index contributed by atoms with van der Waals surface area (Å²) in [6.45, 7) is 3.11. The number of nitrogens with zero attached hydrogens (tertiary/aromatic N) is 1. The van der Waals surface area contributed by atoms with E-state index in [4.69, 9.17) is 23.2 Å². The van der Waals surface area contributed by atoms with Crippen LogP contribution in [0.4, 0.5) is 0 Å². The van der Waals surface area contributed by atoms with E-state index in [2.05, 4.69) is 17.3 Å². The maximum absolute atomic E-state index is 6.00. The number of likely N-dealkylation sites (tertiary alicyclic amines) is 1. The van der Waals surface area contributed by atoms with Gasteiger partial charge in [-0.25, -0.2) is 0 Å². The van der Waals surface area contributed by atoms with Gasteiger partial charge in [-0.3, -0.25) is 0 Å². The average Bonchev–Trinajstić information content (AvgIpc) is 2.36. The van der Waals surface area contributed by atoms with E-state index in [1.54, 1.807) is 0 Å². The molecule has 100 valence electrons. The summed E-state index contributed by atoms with van der Waals surface area (Å²) < 4.78 is 0. The van der Waals surface area contributed by atoms with Gasteiger partial charge in [0.1, 0.15) is 0 Å². The fourth-order valence-electron chi connectivity index (χ4n) is 2.43. The van der Waals surface area contributed by atoms with Gasteiger partial charge in [-0.05, 0) is 44.1 Å². The Morgan fingerprint density at radius 3 is 2.83 bits per heavy atom. The quantitative estimate of drug-likeness (QED) is 0.910. The first kappa shape index (κ1) is 14.1. The number of halogens is 2. The molecule has 1 unspecified atom stereocenters. The maximum atomic E-state index is 6.00. The minimum Gasteiger partial charge on any atom is -0.311 e. The van der Waals surface area contributed by atoms with Gasteiger partial charge in [0.25, 0.3) is 0 Å². The lowest BCUT2D eigenvalue weighted by molar-refractivity contribution is 0.181. The standard InChI is InChI=1S/C14H20Cl2N2/c1-18-7-3-2-4-12(18)10-17-9-11-5-6-13(15)14(16)8-11/h5-6,8,12,17H,2-4,7,9-10H2,1H3. The largest absolute Gasteiger partial charge is 0.311 e. The summed E-state index contributed by atoms with van der Waals surface area (Å²) in [7, 11) is 2.21. The van der Waals surface area contributed by atoms with Gasteiger partial charge in [0.15, 0.2) is 0 Å². The van der Waals surface area contributed by atoms with Crippen molar-refractivity contribution >= 4 is 23.2 Å². The number of piperidine rings is 1. The molecule has 2 rings (SSSR count). The molecule has 1 aromatic rings. The zero-order valence-corrected chi connectivity index (χ0v) is 12.3. The molecular weight excluding hydrogens is 267 g/mol. The maximum Gasteiger partial charge on any atom is 0.0595 e. The van der Waals surface area contributed by atoms with Crippen molar-refractivity contribution in [3.05, 3.63) is 33.8 Å². The number of hydrogen-bond acceptors (Lipinski definition) is 2. The highest BCUT2D eigenvalue weighted by Gasteiger charge is 2.17. The number of hydrogen-bond donors (Lipinski definition) is 1. The van der Waals surface area contributed by atoms with Crippen LogP contribution in [0, 0.1) is 0 Å². The number of benzene rings is 1. The van der Waals surface area contributed by atoms with Crippen molar-refractivity contribution in [1.82, 2.24) is 10.2 Å². The summed E-state index contributed by atoms with van der Waals surface area (Å²) >= 11 is 11.9. The van der Waals surface area contributed by atoms with Gasteiger partial charge in [-0.15, -0.1) is 0 Å². The molecule has 2 nitrogen and oxygen atoms in total. The van der Waals surface area contributed by atoms with Crippen LogP contribution in [0.1, 0.15) is 24.8 Å². The molecule has 1 aliphatic heterocycles. The highest BCUT2D eigenvalue weighted by Crippen LogP contribution is 2.22. The number of rotatable bonds is 4. The van der Waals surface area contributed by atoms with Crippen molar-refractivity contribution < 1.29 is 0 Å². The van der Waals surface area contributed by atoms with Crippen molar-refractivity contribution in [3.63, 3.8) is 0 Å². The fourth-order valence-corrected chi connectivity index (χ4v) is 2.76. The molecular formula is C14H20Cl2N2. The molecule has 0 amide bonds. The van der Waals surface area contributed by atoms with Gasteiger partial charge < -0.3 is 10.2 Å². The topological polar surface area (TPSA) is 15.3 Å². The Bertz CT molecular complexity index is 395. The second kappa shape index (κ2) is 6.76. The van der Waals surface area contributed by atoms with E-state index in [9.17, 15) is 0 Å². The third-order valence-electron chi connectivity index (χ3n) is 3.61. The SMILES string of the molecule is CN1CCCCC1CNCc1ccc(Cl)c(Cl)c1. The van der Waals surface area contributed by atoms with Crippen molar-refractivity contribution in [1.29, 1.82) is 0 Å². The van der Waals surface area contributed by atoms with Crippen molar-refractivity contribution in [2.24, 2.45) is 0 Å². The van der Waals surface area contributed by atoms with E-state index in [-0.39, 0.29) is 0 Å². The minimum atomic E-state index is 0.618. The predicted octanol–water partition coefficient (Wildman–Crippen LogP) is 3.57. The monoisotopic (exact) mass is 286 g/mol. The molecule has 1 heterocycles. The van der Waals surface area contributed by atoms with Gasteiger partial charge in [0.2, 0.25) is 0 Å². The van der Waals surface area contributed by atoms with Gasteiger partial charge in [0.05, 0.1) is 10.0 Å². The second-order valence-electron chi connectivity index (χ2n) is 5.01. The van der Waals surface area contributed by atoms with Crippen LogP contribution in [0.2, 0.25) is 10.0 Å². The zero-order valence-electron chi connectivity index (χ0n) is 10.8. The first-order chi connectivity index (χ1) is 8.66. The van der Waals surface area contributed by atoms with E-state index in [1.165, 1.54) is 31.4 Å². The summed E-state index contributed by atoms with van der Waals surface area (Å²) in [5, 5.41) is 4.75. The Labute approximate surface area is 119 Å². The molecule has 1 atom stereocenters. The second-order valence-corrected chi connectivity index (χ2v) is 5.82. The molecule has 0 spiro atoms. The molecule has 1 N–H and O–H groups in total. The van der Waals surface area contributed by atoms with Crippen LogP contribution < -0.4 is 5.32 Å². The lowest BCUT2D eigenvalue weighted by Gasteiger charge is -2.32. The molecule has 1 aliphatic rings. The number of nitrogens with one attached hydrogen (secondary N) is 1. The van der Waals surface area contributed by atoms with Gasteiger partial charge in [0, 0.05) is 19.1 Å². The Morgan fingerprint density at radius 1 is 1.28 bits per heavy atom. The zero-order chi connectivity index (χ0) is 13.0. The highest BCUT2D eigenvalue weighted by atomic mass is 35.5. The molecule has 0 aromatic heterocycles. The number of likely N-dealkylation sites (N-methyl/N-ethyl adjacent to an activating group) is 1. The van der Waals surface area contributed by atoms with E-state index in [0.717, 1.165) is 13.1 Å². The van der Waals surface area contributed by atoms with Crippen LogP contribution in [0.3, 0.4) is 0 Å². The van der Waals surface area contributed by atoms with E-state index in [1.807, 2.05) is 18.2 Å². The Morgan fingerprint density at radius 2 is 2.11 bits per heavy atom. The minimum absolute atomic E-state index is 0.618. The lowest BCUT2D eigenvalue weighted by Crippen LogP contribution is -2.42. The fraction of sp³-hybridized carbons (Fsp3) is 0.571. The molecule has 0 bridgehead atoms. The summed E-state index contributed by atoms with van der Waals surface area (Å²) in [6.07, 6.45) is 3.98. The van der Waals surface area contributed by atoms with Gasteiger partial charge in [-0.2, -0.15) is 0 Å².